The van der Waals surface area contributed by atoms with E-state index in [-0.39, 0.29) is 24.4 Å². The molecule has 0 aliphatic rings. The Balaban J connectivity index is 3.50. The molecule has 0 aromatic heterocycles. The molecule has 0 aliphatic heterocycles. The van der Waals surface area contributed by atoms with Gasteiger partial charge in [-0.1, -0.05) is 13.8 Å². The zero-order valence-corrected chi connectivity index (χ0v) is 11.1. The number of rotatable bonds is 10. The van der Waals surface area contributed by atoms with Crippen molar-refractivity contribution in [1.82, 2.24) is 0 Å². The van der Waals surface area contributed by atoms with Crippen LogP contribution in [0, 0.1) is 11.8 Å². The van der Waals surface area contributed by atoms with Gasteiger partial charge in [-0.2, -0.15) is 0 Å². The van der Waals surface area contributed by atoms with Gasteiger partial charge in [0.05, 0.1) is 12.5 Å². The average Bonchev–Trinajstić information content (AvgIpc) is 2.28. The molecule has 0 heterocycles. The number of hydrogen-bond donors (Lipinski definition) is 1. The van der Waals surface area contributed by atoms with Gasteiger partial charge in [-0.25, -0.2) is 0 Å². The van der Waals surface area contributed by atoms with Gasteiger partial charge in [0.25, 0.3) is 0 Å². The Labute approximate surface area is 104 Å². The summed E-state index contributed by atoms with van der Waals surface area (Å²) in [5, 5.41) is 0. The zero-order valence-electron chi connectivity index (χ0n) is 11.1. The molecule has 5 heteroatoms. The van der Waals surface area contributed by atoms with Crippen LogP contribution in [0.1, 0.15) is 20.3 Å². The van der Waals surface area contributed by atoms with Crippen molar-refractivity contribution >= 4 is 5.97 Å². The standard InChI is InChI=1S/C12H25NO4/c1-10(2)11(9-13)12(14)17-8-7-16-6-4-5-15-3/h10-11H,4-9,13H2,1-3H3. The van der Waals surface area contributed by atoms with E-state index in [1.165, 1.54) is 0 Å². The van der Waals surface area contributed by atoms with Gasteiger partial charge in [0.2, 0.25) is 0 Å². The van der Waals surface area contributed by atoms with Crippen molar-refractivity contribution in [2.24, 2.45) is 17.6 Å². The number of nitrogens with two attached hydrogens (primary N) is 1. The third-order valence-electron chi connectivity index (χ3n) is 2.47. The van der Waals surface area contributed by atoms with Crippen LogP contribution in [0.3, 0.4) is 0 Å². The Morgan fingerprint density at radius 3 is 2.41 bits per heavy atom. The Hall–Kier alpha value is -0.650. The number of methoxy groups -OCH3 is 1. The van der Waals surface area contributed by atoms with Crippen molar-refractivity contribution in [2.75, 3.05) is 40.1 Å². The van der Waals surface area contributed by atoms with Gasteiger partial charge < -0.3 is 19.9 Å². The van der Waals surface area contributed by atoms with Crippen LogP contribution in [-0.2, 0) is 19.0 Å². The van der Waals surface area contributed by atoms with Crippen LogP contribution in [0.4, 0.5) is 0 Å². The second-order valence-electron chi connectivity index (χ2n) is 4.21. The molecule has 0 saturated carbocycles. The van der Waals surface area contributed by atoms with Crippen molar-refractivity contribution in [3.63, 3.8) is 0 Å². The Kier molecular flexibility index (Phi) is 10.1. The van der Waals surface area contributed by atoms with Crippen molar-refractivity contribution in [3.8, 4) is 0 Å². The molecule has 0 spiro atoms. The number of ether oxygens (including phenoxy) is 3. The fraction of sp³-hybridized carbons (Fsp3) is 0.917. The number of carbonyl (C=O) groups excluding carboxylic acids is 1. The summed E-state index contributed by atoms with van der Waals surface area (Å²) in [6.07, 6.45) is 0.849. The van der Waals surface area contributed by atoms with Gasteiger partial charge in [-0.3, -0.25) is 4.79 Å². The van der Waals surface area contributed by atoms with Crippen LogP contribution in [0.5, 0.6) is 0 Å². The molecule has 0 aliphatic carbocycles. The minimum Gasteiger partial charge on any atom is -0.463 e. The number of hydrogen-bond acceptors (Lipinski definition) is 5. The van der Waals surface area contributed by atoms with E-state index in [1.807, 2.05) is 13.8 Å². The third-order valence-corrected chi connectivity index (χ3v) is 2.47. The van der Waals surface area contributed by atoms with Crippen molar-refractivity contribution in [1.29, 1.82) is 0 Å². The quantitative estimate of drug-likeness (QED) is 0.457. The lowest BCUT2D eigenvalue weighted by Gasteiger charge is -2.17. The first kappa shape index (κ1) is 16.4. The summed E-state index contributed by atoms with van der Waals surface area (Å²) in [6, 6.07) is 0. The first-order valence-electron chi connectivity index (χ1n) is 6.06. The molecule has 0 fully saturated rings. The Bertz CT molecular complexity index is 197. The van der Waals surface area contributed by atoms with Gasteiger partial charge in [0.1, 0.15) is 6.61 Å². The summed E-state index contributed by atoms with van der Waals surface area (Å²) in [7, 11) is 1.65. The third kappa shape index (κ3) is 8.12. The highest BCUT2D eigenvalue weighted by molar-refractivity contribution is 5.72. The minimum atomic E-state index is -0.233. The highest BCUT2D eigenvalue weighted by atomic mass is 16.6. The molecule has 0 radical (unpaired) electrons. The van der Waals surface area contributed by atoms with Crippen molar-refractivity contribution in [2.45, 2.75) is 20.3 Å². The lowest BCUT2D eigenvalue weighted by Crippen LogP contribution is -2.30. The first-order valence-corrected chi connectivity index (χ1v) is 6.06. The predicted molar refractivity (Wildman–Crippen MR) is 65.7 cm³/mol. The molecule has 17 heavy (non-hydrogen) atoms. The lowest BCUT2D eigenvalue weighted by molar-refractivity contribution is -0.151. The molecule has 0 saturated heterocycles. The number of esters is 1. The summed E-state index contributed by atoms with van der Waals surface area (Å²) in [5.74, 6) is -0.249. The van der Waals surface area contributed by atoms with E-state index in [2.05, 4.69) is 0 Å². The summed E-state index contributed by atoms with van der Waals surface area (Å²) < 4.78 is 15.2. The molecule has 0 aromatic rings. The predicted octanol–water partition coefficient (Wildman–Crippen LogP) is 0.814. The molecule has 0 aromatic carbocycles. The fourth-order valence-electron chi connectivity index (χ4n) is 1.36. The second kappa shape index (κ2) is 10.5. The van der Waals surface area contributed by atoms with Crippen LogP contribution in [0.2, 0.25) is 0 Å². The molecule has 2 N–H and O–H groups in total. The van der Waals surface area contributed by atoms with Gasteiger partial charge in [-0.05, 0) is 12.3 Å². The topological polar surface area (TPSA) is 70.8 Å². The van der Waals surface area contributed by atoms with Crippen LogP contribution >= 0.6 is 0 Å². The van der Waals surface area contributed by atoms with Crippen molar-refractivity contribution in [3.05, 3.63) is 0 Å². The van der Waals surface area contributed by atoms with Crippen LogP contribution in [0.25, 0.3) is 0 Å². The Morgan fingerprint density at radius 2 is 1.88 bits per heavy atom. The van der Waals surface area contributed by atoms with E-state index in [1.54, 1.807) is 7.11 Å². The molecular weight excluding hydrogens is 222 g/mol. The summed E-state index contributed by atoms with van der Waals surface area (Å²) in [5.41, 5.74) is 5.51. The molecular formula is C12H25NO4. The smallest absolute Gasteiger partial charge is 0.310 e. The maximum absolute atomic E-state index is 11.6. The van der Waals surface area contributed by atoms with E-state index in [0.717, 1.165) is 6.42 Å². The van der Waals surface area contributed by atoms with Gasteiger partial charge in [0.15, 0.2) is 0 Å². The monoisotopic (exact) mass is 247 g/mol. The highest BCUT2D eigenvalue weighted by Gasteiger charge is 2.21. The largest absolute Gasteiger partial charge is 0.463 e. The van der Waals surface area contributed by atoms with Gasteiger partial charge in [0, 0.05) is 26.9 Å². The minimum absolute atomic E-state index is 0.204. The summed E-state index contributed by atoms with van der Waals surface area (Å²) in [4.78, 5) is 11.6. The molecule has 1 unspecified atom stereocenters. The van der Waals surface area contributed by atoms with Crippen LogP contribution < -0.4 is 5.73 Å². The molecule has 0 rings (SSSR count). The summed E-state index contributed by atoms with van der Waals surface area (Å²) in [6.45, 7) is 6.25. The Morgan fingerprint density at radius 1 is 1.18 bits per heavy atom. The van der Waals surface area contributed by atoms with E-state index < -0.39 is 0 Å². The zero-order chi connectivity index (χ0) is 13.1. The molecule has 0 bridgehead atoms. The normalized spacial score (nSPS) is 12.8. The van der Waals surface area contributed by atoms with E-state index in [0.29, 0.717) is 26.4 Å². The maximum Gasteiger partial charge on any atom is 0.310 e. The second-order valence-corrected chi connectivity index (χ2v) is 4.21. The van der Waals surface area contributed by atoms with E-state index in [9.17, 15) is 4.79 Å². The van der Waals surface area contributed by atoms with Gasteiger partial charge >= 0.3 is 5.97 Å². The first-order chi connectivity index (χ1) is 8.13. The lowest BCUT2D eigenvalue weighted by atomic mass is 9.96. The molecule has 0 amide bonds. The number of carbonyl (C=O) groups is 1. The van der Waals surface area contributed by atoms with E-state index >= 15 is 0 Å². The highest BCUT2D eigenvalue weighted by Crippen LogP contribution is 2.10. The van der Waals surface area contributed by atoms with Crippen molar-refractivity contribution < 1.29 is 19.0 Å². The molecule has 1 atom stereocenters. The molecule has 102 valence electrons. The SMILES string of the molecule is COCCCOCCOC(=O)C(CN)C(C)C. The summed E-state index contributed by atoms with van der Waals surface area (Å²) >= 11 is 0. The van der Waals surface area contributed by atoms with Crippen LogP contribution in [-0.4, -0.2) is 46.1 Å². The van der Waals surface area contributed by atoms with E-state index in [4.69, 9.17) is 19.9 Å². The fourth-order valence-corrected chi connectivity index (χ4v) is 1.36. The average molecular weight is 247 g/mol. The molecule has 5 nitrogen and oxygen atoms in total. The van der Waals surface area contributed by atoms with Gasteiger partial charge in [-0.15, -0.1) is 0 Å². The maximum atomic E-state index is 11.6. The van der Waals surface area contributed by atoms with Crippen LogP contribution in [0.15, 0.2) is 0 Å².